The number of amides is 3. The van der Waals surface area contributed by atoms with Gasteiger partial charge in [-0.15, -0.1) is 0 Å². The van der Waals surface area contributed by atoms with E-state index in [1.165, 1.54) is 12.1 Å². The van der Waals surface area contributed by atoms with E-state index in [9.17, 15) is 14.4 Å². The lowest BCUT2D eigenvalue weighted by Crippen LogP contribution is -2.52. The number of ether oxygens (including phenoxy) is 1. The second-order valence-electron chi connectivity index (χ2n) is 16.3. The number of anilines is 2. The Morgan fingerprint density at radius 1 is 0.724 bits per heavy atom. The fourth-order valence-corrected chi connectivity index (χ4v) is 9.77. The smallest absolute Gasteiger partial charge is 0.255 e. The van der Waals surface area contributed by atoms with Gasteiger partial charge in [0, 0.05) is 75.7 Å². The molecule has 4 aromatic carbocycles. The highest BCUT2D eigenvalue weighted by Gasteiger charge is 2.39. The molecule has 9 rings (SSSR count). The first-order valence-corrected chi connectivity index (χ1v) is 20.7. The number of rotatable bonds is 8. The van der Waals surface area contributed by atoms with Crippen LogP contribution in [-0.4, -0.2) is 86.5 Å². The molecule has 0 saturated carbocycles. The van der Waals surface area contributed by atoms with E-state index in [2.05, 4.69) is 26.1 Å². The number of carbonyl (C=O) groups excluding carboxylic acids is 3. The van der Waals surface area contributed by atoms with E-state index in [1.807, 2.05) is 60.7 Å². The van der Waals surface area contributed by atoms with Crippen LogP contribution in [0.2, 0.25) is 0 Å². The first-order valence-electron chi connectivity index (χ1n) is 20.7. The van der Waals surface area contributed by atoms with Gasteiger partial charge in [0.2, 0.25) is 11.8 Å². The molecule has 300 valence electrons. The van der Waals surface area contributed by atoms with Crippen molar-refractivity contribution < 1.29 is 27.9 Å². The predicted octanol–water partition coefficient (Wildman–Crippen LogP) is 7.07. The molecule has 3 saturated heterocycles. The average molecular weight is 786 g/mol. The highest BCUT2D eigenvalue weighted by atomic mass is 19.1. The highest BCUT2D eigenvalue weighted by Crippen LogP contribution is 2.43. The summed E-state index contributed by atoms with van der Waals surface area (Å²) in [5, 5.41) is 2.37. The lowest BCUT2D eigenvalue weighted by molar-refractivity contribution is -0.136. The Hall–Kier alpha value is -5.55. The molecule has 0 bridgehead atoms. The maximum atomic E-state index is 16.5. The first-order chi connectivity index (χ1) is 28.2. The molecule has 1 N–H and O–H groups in total. The van der Waals surface area contributed by atoms with Crippen molar-refractivity contribution in [3.05, 3.63) is 124 Å². The van der Waals surface area contributed by atoms with Gasteiger partial charge < -0.3 is 19.4 Å². The number of fused-ring (bicyclic) bond motifs is 2. The van der Waals surface area contributed by atoms with Gasteiger partial charge >= 0.3 is 0 Å². The van der Waals surface area contributed by atoms with Gasteiger partial charge in [0.25, 0.3) is 5.91 Å². The van der Waals surface area contributed by atoms with Crippen molar-refractivity contribution in [2.75, 3.05) is 62.7 Å². The third kappa shape index (κ3) is 7.36. The molecule has 1 atom stereocenters. The second kappa shape index (κ2) is 16.0. The Kier molecular flexibility index (Phi) is 10.5. The Morgan fingerprint density at radius 3 is 2.17 bits per heavy atom. The Bertz CT molecular complexity index is 2260. The molecular weight excluding hydrogens is 737 g/mol. The van der Waals surface area contributed by atoms with Crippen molar-refractivity contribution in [1.29, 1.82) is 0 Å². The number of benzene rings is 4. The van der Waals surface area contributed by atoms with E-state index in [0.717, 1.165) is 111 Å². The monoisotopic (exact) mass is 785 g/mol. The van der Waals surface area contributed by atoms with Gasteiger partial charge in [0.05, 0.1) is 12.7 Å². The van der Waals surface area contributed by atoms with E-state index < -0.39 is 23.6 Å². The number of hydrogen-bond donors (Lipinski definition) is 1. The first kappa shape index (κ1) is 38.0. The maximum Gasteiger partial charge on any atom is 0.255 e. The summed E-state index contributed by atoms with van der Waals surface area (Å²) in [5.74, 6) is -0.683. The van der Waals surface area contributed by atoms with Crippen LogP contribution in [0.1, 0.15) is 76.7 Å². The number of nitrogens with zero attached hydrogens (tertiary/aromatic N) is 4. The fourth-order valence-electron chi connectivity index (χ4n) is 9.77. The van der Waals surface area contributed by atoms with Crippen LogP contribution < -0.4 is 19.9 Å². The van der Waals surface area contributed by atoms with E-state index in [0.29, 0.717) is 42.1 Å². The Labute approximate surface area is 338 Å². The maximum absolute atomic E-state index is 16.5. The number of piperidine rings is 2. The summed E-state index contributed by atoms with van der Waals surface area (Å²) in [4.78, 5) is 45.9. The number of nitrogens with one attached hydrogen (secondary N) is 1. The lowest BCUT2D eigenvalue weighted by atomic mass is 9.87. The zero-order valence-electron chi connectivity index (χ0n) is 32.9. The largest absolute Gasteiger partial charge is 0.497 e. The van der Waals surface area contributed by atoms with Gasteiger partial charge in [0.1, 0.15) is 23.4 Å². The molecule has 4 heterocycles. The minimum absolute atomic E-state index is 0.0347. The zero-order chi connectivity index (χ0) is 39.9. The fraction of sp³-hybridized carbons (Fsp3) is 0.383. The van der Waals surface area contributed by atoms with E-state index in [-0.39, 0.29) is 23.8 Å². The molecule has 4 aliphatic heterocycles. The minimum Gasteiger partial charge on any atom is -0.497 e. The number of halogens is 2. The zero-order valence-corrected chi connectivity index (χ0v) is 32.9. The van der Waals surface area contributed by atoms with Crippen LogP contribution in [0.25, 0.3) is 11.1 Å². The average Bonchev–Trinajstić information content (AvgIpc) is 3.44. The van der Waals surface area contributed by atoms with Crippen molar-refractivity contribution in [3.63, 3.8) is 0 Å². The van der Waals surface area contributed by atoms with Crippen molar-refractivity contribution in [3.8, 4) is 5.75 Å². The Morgan fingerprint density at radius 2 is 1.45 bits per heavy atom. The van der Waals surface area contributed by atoms with E-state index in [1.54, 1.807) is 12.0 Å². The number of imide groups is 1. The quantitative estimate of drug-likeness (QED) is 0.192. The van der Waals surface area contributed by atoms with Crippen LogP contribution in [0, 0.1) is 17.6 Å². The second-order valence-corrected chi connectivity index (χ2v) is 16.3. The minimum atomic E-state index is -0.619. The molecule has 11 heteroatoms. The molecule has 58 heavy (non-hydrogen) atoms. The highest BCUT2D eigenvalue weighted by molar-refractivity contribution is 6.05. The number of carbonyl (C=O) groups is 3. The number of methoxy groups -OCH3 is 1. The number of piperazine rings is 1. The molecule has 0 spiro atoms. The van der Waals surface area contributed by atoms with Crippen molar-refractivity contribution in [2.45, 2.75) is 57.5 Å². The summed E-state index contributed by atoms with van der Waals surface area (Å²) in [6.45, 7) is 6.43. The summed E-state index contributed by atoms with van der Waals surface area (Å²) in [6, 6.07) is 24.2. The van der Waals surface area contributed by atoms with Crippen LogP contribution in [-0.2, 0) is 22.6 Å². The van der Waals surface area contributed by atoms with E-state index in [4.69, 9.17) is 4.74 Å². The van der Waals surface area contributed by atoms with Gasteiger partial charge in [-0.1, -0.05) is 36.4 Å². The summed E-state index contributed by atoms with van der Waals surface area (Å²) in [5.41, 5.74) is 7.70. The van der Waals surface area contributed by atoms with Gasteiger partial charge in [-0.3, -0.25) is 24.6 Å². The topological polar surface area (TPSA) is 85.4 Å². The summed E-state index contributed by atoms with van der Waals surface area (Å²) < 4.78 is 38.5. The third-order valence-electron chi connectivity index (χ3n) is 12.9. The molecule has 0 unspecified atom stereocenters. The molecule has 3 amide bonds. The van der Waals surface area contributed by atoms with Gasteiger partial charge in [-0.2, -0.15) is 0 Å². The van der Waals surface area contributed by atoms with Crippen molar-refractivity contribution in [1.82, 2.24) is 15.1 Å². The van der Waals surface area contributed by atoms with Crippen molar-refractivity contribution in [2.24, 2.45) is 5.92 Å². The van der Waals surface area contributed by atoms with Gasteiger partial charge in [-0.05, 0) is 120 Å². The van der Waals surface area contributed by atoms with E-state index >= 15 is 8.78 Å². The lowest BCUT2D eigenvalue weighted by Gasteiger charge is -2.40. The van der Waals surface area contributed by atoms with Crippen LogP contribution >= 0.6 is 0 Å². The molecular formula is C47H49F2N5O4. The predicted molar refractivity (Wildman–Crippen MR) is 221 cm³/mol. The van der Waals surface area contributed by atoms with Crippen LogP contribution in [0.3, 0.4) is 0 Å². The number of aryl methyl sites for hydroxylation is 1. The number of hydrogen-bond acceptors (Lipinski definition) is 7. The van der Waals surface area contributed by atoms with Crippen molar-refractivity contribution >= 4 is 40.2 Å². The Balaban J connectivity index is 0.830. The molecule has 3 fully saturated rings. The third-order valence-corrected chi connectivity index (χ3v) is 12.9. The molecule has 1 aliphatic carbocycles. The van der Waals surface area contributed by atoms with Gasteiger partial charge in [0.15, 0.2) is 0 Å². The molecule has 0 aromatic heterocycles. The molecule has 5 aliphatic rings. The SMILES string of the molecule is COc1ccc2c(c1)CCCC(c1ccccc1)=C2c1c(F)cc(N2CCC(CN3CCN(c4ccc5c(c4)CN([C@H]4CCC(=O)NC4=O)C5=O)CC3)CC2)cc1F. The van der Waals surface area contributed by atoms with Gasteiger partial charge in [-0.25, -0.2) is 8.78 Å². The summed E-state index contributed by atoms with van der Waals surface area (Å²) in [7, 11) is 1.64. The summed E-state index contributed by atoms with van der Waals surface area (Å²) >= 11 is 0. The van der Waals surface area contributed by atoms with Crippen LogP contribution in [0.15, 0.2) is 78.9 Å². The van der Waals surface area contributed by atoms with Crippen LogP contribution in [0.5, 0.6) is 5.75 Å². The molecule has 9 nitrogen and oxygen atoms in total. The normalized spacial score (nSPS) is 20.6. The standard InChI is InChI=1S/C47H49F2N5O4/c1-58-36-11-13-38-32(25-36)8-5-9-37(31-6-3-2-4-7-31)44(38)45-40(48)26-35(27-41(45)49)52-18-16-30(17-19-52)28-51-20-22-53(23-21-51)34-10-12-39-33(24-34)29-54(47(39)57)42-14-15-43(55)50-46(42)56/h2-4,6-7,10-13,24-27,30,42H,5,8-9,14-23,28-29H2,1H3,(H,50,55,56)/t42-/m0/s1. The summed E-state index contributed by atoms with van der Waals surface area (Å²) in [6.07, 6.45) is 4.86. The van der Waals surface area contributed by atoms with Crippen LogP contribution in [0.4, 0.5) is 20.2 Å². The number of allylic oxidation sites excluding steroid dienone is 1. The molecule has 4 aromatic rings. The molecule has 0 radical (unpaired) electrons.